The van der Waals surface area contributed by atoms with Gasteiger partial charge in [-0.3, -0.25) is 9.79 Å². The Morgan fingerprint density at radius 2 is 1.77 bits per heavy atom. The van der Waals surface area contributed by atoms with Gasteiger partial charge >= 0.3 is 0 Å². The number of nitrogens with zero attached hydrogens (tertiary/aromatic N) is 1. The Morgan fingerprint density at radius 1 is 1.14 bits per heavy atom. The van der Waals surface area contributed by atoms with Crippen molar-refractivity contribution in [3.63, 3.8) is 0 Å². The summed E-state index contributed by atoms with van der Waals surface area (Å²) in [6.45, 7) is 4.51. The lowest BCUT2D eigenvalue weighted by atomic mass is 9.79. The molecule has 0 aromatic rings. The fourth-order valence-electron chi connectivity index (χ4n) is 2.66. The van der Waals surface area contributed by atoms with Gasteiger partial charge in [0, 0.05) is 19.8 Å². The first-order chi connectivity index (χ1) is 10.6. The van der Waals surface area contributed by atoms with Gasteiger partial charge in [-0.2, -0.15) is 0 Å². The maximum absolute atomic E-state index is 11.7. The van der Waals surface area contributed by atoms with Crippen molar-refractivity contribution in [1.82, 2.24) is 5.32 Å². The Balaban J connectivity index is 2.24. The van der Waals surface area contributed by atoms with Crippen LogP contribution in [0.2, 0.25) is 0 Å². The van der Waals surface area contributed by atoms with E-state index < -0.39 is 5.41 Å². The third-order valence-corrected chi connectivity index (χ3v) is 4.36. The third kappa shape index (κ3) is 6.64. The number of carbonyl (C=O) groups excluding carboxylic acids is 1. The summed E-state index contributed by atoms with van der Waals surface area (Å²) in [6, 6.07) is 0. The topological polar surface area (TPSA) is 103 Å². The van der Waals surface area contributed by atoms with Crippen molar-refractivity contribution >= 4 is 11.9 Å². The summed E-state index contributed by atoms with van der Waals surface area (Å²) in [4.78, 5) is 16.0. The van der Waals surface area contributed by atoms with Gasteiger partial charge in [0.1, 0.15) is 0 Å². The van der Waals surface area contributed by atoms with E-state index >= 15 is 0 Å². The van der Waals surface area contributed by atoms with Crippen LogP contribution in [0.15, 0.2) is 4.99 Å². The molecule has 0 aromatic carbocycles. The number of hydrogen-bond acceptors (Lipinski definition) is 3. The second kappa shape index (κ2) is 10.4. The zero-order valence-corrected chi connectivity index (χ0v) is 13.9. The molecule has 0 bridgehead atoms. The summed E-state index contributed by atoms with van der Waals surface area (Å²) in [5, 5.41) is 3.11. The standard InChI is InChI=1S/C16H32N4O2/c1-2-3-4-5-6-7-10-19-15(18)20-13-16(14(17)21)8-11-22-12-9-16/h2-13H2,1H3,(H2,17,21)(H3,18,19,20). The van der Waals surface area contributed by atoms with E-state index in [9.17, 15) is 4.79 Å². The lowest BCUT2D eigenvalue weighted by Crippen LogP contribution is -2.45. The summed E-state index contributed by atoms with van der Waals surface area (Å²) in [6.07, 6.45) is 8.71. The van der Waals surface area contributed by atoms with Gasteiger partial charge in [-0.1, -0.05) is 39.0 Å². The number of carbonyl (C=O) groups is 1. The fraction of sp³-hybridized carbons (Fsp3) is 0.875. The molecule has 5 N–H and O–H groups in total. The summed E-state index contributed by atoms with van der Waals surface area (Å²) in [5.41, 5.74) is 10.8. The number of nitrogens with two attached hydrogens (primary N) is 2. The maximum atomic E-state index is 11.7. The van der Waals surface area contributed by atoms with Crippen LogP contribution in [0, 0.1) is 5.41 Å². The van der Waals surface area contributed by atoms with Crippen LogP contribution in [0.1, 0.15) is 58.3 Å². The minimum atomic E-state index is -0.593. The molecule has 1 heterocycles. The molecular weight excluding hydrogens is 280 g/mol. The normalized spacial score (nSPS) is 18.1. The first-order valence-electron chi connectivity index (χ1n) is 8.52. The number of rotatable bonds is 10. The molecule has 0 atom stereocenters. The minimum Gasteiger partial charge on any atom is -0.381 e. The average molecular weight is 312 g/mol. The van der Waals surface area contributed by atoms with E-state index in [4.69, 9.17) is 16.2 Å². The Labute approximate surface area is 134 Å². The van der Waals surface area contributed by atoms with Gasteiger partial charge in [0.2, 0.25) is 5.91 Å². The molecule has 6 heteroatoms. The van der Waals surface area contributed by atoms with E-state index in [0.29, 0.717) is 38.6 Å². The van der Waals surface area contributed by atoms with Gasteiger partial charge in [-0.25, -0.2) is 0 Å². The first kappa shape index (κ1) is 18.7. The quantitative estimate of drug-likeness (QED) is 0.323. The molecule has 1 saturated heterocycles. The number of guanidine groups is 1. The van der Waals surface area contributed by atoms with Gasteiger partial charge < -0.3 is 21.5 Å². The third-order valence-electron chi connectivity index (χ3n) is 4.36. The molecular formula is C16H32N4O2. The highest BCUT2D eigenvalue weighted by Crippen LogP contribution is 2.30. The van der Waals surface area contributed by atoms with E-state index in [2.05, 4.69) is 17.2 Å². The van der Waals surface area contributed by atoms with Crippen LogP contribution in [0.5, 0.6) is 0 Å². The van der Waals surface area contributed by atoms with Crippen molar-refractivity contribution in [1.29, 1.82) is 0 Å². The average Bonchev–Trinajstić information content (AvgIpc) is 2.53. The van der Waals surface area contributed by atoms with Crippen molar-refractivity contribution in [2.24, 2.45) is 21.9 Å². The van der Waals surface area contributed by atoms with Crippen LogP contribution < -0.4 is 16.8 Å². The predicted molar refractivity (Wildman–Crippen MR) is 89.5 cm³/mol. The largest absolute Gasteiger partial charge is 0.381 e. The predicted octanol–water partition coefficient (Wildman–Crippen LogP) is 1.53. The van der Waals surface area contributed by atoms with Gasteiger partial charge in [-0.05, 0) is 19.3 Å². The number of aliphatic imine (C=N–C) groups is 1. The second-order valence-electron chi connectivity index (χ2n) is 6.15. The van der Waals surface area contributed by atoms with Crippen LogP contribution in [-0.2, 0) is 9.53 Å². The Hall–Kier alpha value is -1.30. The van der Waals surface area contributed by atoms with Gasteiger partial charge in [0.25, 0.3) is 0 Å². The highest BCUT2D eigenvalue weighted by atomic mass is 16.5. The van der Waals surface area contributed by atoms with Gasteiger partial charge in [0.05, 0.1) is 12.0 Å². The molecule has 0 saturated carbocycles. The number of amides is 1. The second-order valence-corrected chi connectivity index (χ2v) is 6.15. The molecule has 6 nitrogen and oxygen atoms in total. The van der Waals surface area contributed by atoms with E-state index in [1.165, 1.54) is 32.1 Å². The highest BCUT2D eigenvalue weighted by Gasteiger charge is 2.38. The molecule has 0 unspecified atom stereocenters. The van der Waals surface area contributed by atoms with E-state index in [1.54, 1.807) is 0 Å². The lowest BCUT2D eigenvalue weighted by Gasteiger charge is -2.32. The van der Waals surface area contributed by atoms with Crippen molar-refractivity contribution in [3.05, 3.63) is 0 Å². The lowest BCUT2D eigenvalue weighted by molar-refractivity contribution is -0.132. The van der Waals surface area contributed by atoms with Crippen molar-refractivity contribution in [3.8, 4) is 0 Å². The molecule has 1 aliphatic heterocycles. The Morgan fingerprint density at radius 3 is 2.41 bits per heavy atom. The molecule has 0 aromatic heterocycles. The summed E-state index contributed by atoms with van der Waals surface area (Å²) in [7, 11) is 0. The Kier molecular flexibility index (Phi) is 8.89. The molecule has 0 radical (unpaired) electrons. The minimum absolute atomic E-state index is 0.303. The summed E-state index contributed by atoms with van der Waals surface area (Å²) in [5.74, 6) is 0.101. The monoisotopic (exact) mass is 312 g/mol. The van der Waals surface area contributed by atoms with Crippen molar-refractivity contribution < 1.29 is 9.53 Å². The molecule has 1 rings (SSSR count). The molecule has 1 fully saturated rings. The van der Waals surface area contributed by atoms with E-state index in [-0.39, 0.29) is 5.91 Å². The Bertz CT molecular complexity index is 352. The van der Waals surface area contributed by atoms with E-state index in [1.807, 2.05) is 0 Å². The van der Waals surface area contributed by atoms with Crippen molar-refractivity contribution in [2.75, 3.05) is 26.3 Å². The van der Waals surface area contributed by atoms with Gasteiger partial charge in [-0.15, -0.1) is 0 Å². The zero-order chi connectivity index (χ0) is 16.3. The molecule has 22 heavy (non-hydrogen) atoms. The SMILES string of the molecule is CCCCCCCCNC(N)=NCC1(C(N)=O)CCOCC1. The molecule has 0 aliphatic carbocycles. The zero-order valence-electron chi connectivity index (χ0n) is 13.9. The van der Waals surface area contributed by atoms with Crippen LogP contribution in [0.4, 0.5) is 0 Å². The molecule has 1 amide bonds. The number of hydrogen-bond donors (Lipinski definition) is 3. The van der Waals surface area contributed by atoms with E-state index in [0.717, 1.165) is 13.0 Å². The van der Waals surface area contributed by atoms with Crippen LogP contribution >= 0.6 is 0 Å². The maximum Gasteiger partial charge on any atom is 0.225 e. The highest BCUT2D eigenvalue weighted by molar-refractivity contribution is 5.82. The molecule has 128 valence electrons. The van der Waals surface area contributed by atoms with Gasteiger partial charge in [0.15, 0.2) is 5.96 Å². The van der Waals surface area contributed by atoms with Crippen LogP contribution in [0.25, 0.3) is 0 Å². The fourth-order valence-corrected chi connectivity index (χ4v) is 2.66. The number of ether oxygens (including phenoxy) is 1. The van der Waals surface area contributed by atoms with Crippen molar-refractivity contribution in [2.45, 2.75) is 58.3 Å². The number of unbranched alkanes of at least 4 members (excludes halogenated alkanes) is 5. The smallest absolute Gasteiger partial charge is 0.225 e. The molecule has 0 spiro atoms. The summed E-state index contributed by atoms with van der Waals surface area (Å²) >= 11 is 0. The van der Waals surface area contributed by atoms with Crippen LogP contribution in [-0.4, -0.2) is 38.2 Å². The number of nitrogens with one attached hydrogen (secondary N) is 1. The molecule has 1 aliphatic rings. The van der Waals surface area contributed by atoms with Crippen LogP contribution in [0.3, 0.4) is 0 Å². The summed E-state index contributed by atoms with van der Waals surface area (Å²) < 4.78 is 5.30. The number of primary amides is 1. The first-order valence-corrected chi connectivity index (χ1v) is 8.52.